The minimum Gasteiger partial charge on any atom is -0.485 e. The van der Waals surface area contributed by atoms with Crippen molar-refractivity contribution in [2.24, 2.45) is 5.73 Å². The van der Waals surface area contributed by atoms with E-state index in [1.54, 1.807) is 0 Å². The molecule has 1 heterocycles. The third kappa shape index (κ3) is 0.970. The van der Waals surface area contributed by atoms with Crippen molar-refractivity contribution in [3.63, 3.8) is 0 Å². The molecule has 2 unspecified atom stereocenters. The Bertz CT molecular complexity index is 434. The molecule has 1 aromatic rings. The van der Waals surface area contributed by atoms with Gasteiger partial charge < -0.3 is 10.5 Å². The Hall–Kier alpha value is -1.70. The van der Waals surface area contributed by atoms with Crippen LogP contribution >= 0.6 is 0 Å². The van der Waals surface area contributed by atoms with Crippen molar-refractivity contribution < 1.29 is 4.74 Å². The van der Waals surface area contributed by atoms with Crippen LogP contribution in [-0.4, -0.2) is 6.10 Å². The fraction of sp³-hybridized carbons (Fsp3) is 0.167. The predicted molar refractivity (Wildman–Crippen MR) is 55.0 cm³/mol. The largest absolute Gasteiger partial charge is 0.485 e. The molecular formula is C12H11NO. The van der Waals surface area contributed by atoms with Gasteiger partial charge in [0.1, 0.15) is 11.9 Å². The fourth-order valence-corrected chi connectivity index (χ4v) is 2.07. The van der Waals surface area contributed by atoms with E-state index < -0.39 is 0 Å². The number of fused-ring (bicyclic) bond motifs is 3. The average Bonchev–Trinajstić information content (AvgIpc) is 2.56. The van der Waals surface area contributed by atoms with E-state index in [2.05, 4.69) is 12.1 Å². The van der Waals surface area contributed by atoms with E-state index in [-0.39, 0.29) is 6.10 Å². The smallest absolute Gasteiger partial charge is 0.128 e. The van der Waals surface area contributed by atoms with Crippen molar-refractivity contribution in [1.82, 2.24) is 0 Å². The van der Waals surface area contributed by atoms with E-state index in [0.29, 0.717) is 5.92 Å². The highest BCUT2D eigenvalue weighted by molar-refractivity contribution is 5.47. The zero-order valence-electron chi connectivity index (χ0n) is 7.68. The van der Waals surface area contributed by atoms with Crippen molar-refractivity contribution in [2.75, 3.05) is 0 Å². The Balaban J connectivity index is 2.11. The molecule has 0 aromatic heterocycles. The van der Waals surface area contributed by atoms with Crippen LogP contribution in [0.15, 0.2) is 48.2 Å². The highest BCUT2D eigenvalue weighted by Gasteiger charge is 2.32. The lowest BCUT2D eigenvalue weighted by molar-refractivity contribution is 0.268. The Morgan fingerprint density at radius 3 is 3.00 bits per heavy atom. The highest BCUT2D eigenvalue weighted by atomic mass is 16.5. The zero-order valence-corrected chi connectivity index (χ0v) is 7.68. The molecule has 2 atom stereocenters. The summed E-state index contributed by atoms with van der Waals surface area (Å²) < 4.78 is 5.77. The molecule has 0 amide bonds. The maximum Gasteiger partial charge on any atom is 0.128 e. The lowest BCUT2D eigenvalue weighted by atomic mass is 9.91. The molecule has 0 bridgehead atoms. The van der Waals surface area contributed by atoms with Crippen LogP contribution in [0.2, 0.25) is 0 Å². The summed E-state index contributed by atoms with van der Waals surface area (Å²) in [4.78, 5) is 0. The minimum absolute atomic E-state index is 0.139. The van der Waals surface area contributed by atoms with Crippen LogP contribution in [0.4, 0.5) is 0 Å². The number of allylic oxidation sites excluding steroid dienone is 1. The quantitative estimate of drug-likeness (QED) is 0.670. The van der Waals surface area contributed by atoms with Crippen molar-refractivity contribution in [3.8, 4) is 5.75 Å². The summed E-state index contributed by atoms with van der Waals surface area (Å²) in [6.07, 6.45) is 6.14. The van der Waals surface area contributed by atoms with Gasteiger partial charge in [-0.1, -0.05) is 18.2 Å². The van der Waals surface area contributed by atoms with Gasteiger partial charge in [-0.3, -0.25) is 0 Å². The first-order chi connectivity index (χ1) is 6.84. The van der Waals surface area contributed by atoms with Gasteiger partial charge in [-0.2, -0.15) is 0 Å². The van der Waals surface area contributed by atoms with Gasteiger partial charge in [0.25, 0.3) is 0 Å². The van der Waals surface area contributed by atoms with Crippen molar-refractivity contribution in [2.45, 2.75) is 12.0 Å². The Morgan fingerprint density at radius 2 is 2.07 bits per heavy atom. The molecule has 2 nitrogen and oxygen atoms in total. The second kappa shape index (κ2) is 2.64. The van der Waals surface area contributed by atoms with Gasteiger partial charge in [0.2, 0.25) is 0 Å². The number of ether oxygens (including phenoxy) is 1. The van der Waals surface area contributed by atoms with E-state index >= 15 is 0 Å². The molecule has 1 aliphatic carbocycles. The molecule has 1 aliphatic heterocycles. The summed E-state index contributed by atoms with van der Waals surface area (Å²) in [5.41, 5.74) is 7.83. The summed E-state index contributed by atoms with van der Waals surface area (Å²) in [5.74, 6) is 1.29. The highest BCUT2D eigenvalue weighted by Crippen LogP contribution is 2.41. The lowest BCUT2D eigenvalue weighted by Gasteiger charge is -2.16. The van der Waals surface area contributed by atoms with Gasteiger partial charge >= 0.3 is 0 Å². The fourth-order valence-electron chi connectivity index (χ4n) is 2.07. The topological polar surface area (TPSA) is 35.2 Å². The average molecular weight is 185 g/mol. The van der Waals surface area contributed by atoms with Crippen LogP contribution in [-0.2, 0) is 0 Å². The standard InChI is InChI=1S/C12H11NO/c13-8-5-6-12-10(7-8)9-3-1-2-4-11(9)14-12/h1-7,10,12H,13H2. The second-order valence-corrected chi connectivity index (χ2v) is 3.67. The minimum atomic E-state index is 0.139. The summed E-state index contributed by atoms with van der Waals surface area (Å²) >= 11 is 0. The van der Waals surface area contributed by atoms with Crippen LogP contribution in [0.1, 0.15) is 11.5 Å². The number of rotatable bonds is 0. The molecule has 3 rings (SSSR count). The van der Waals surface area contributed by atoms with Crippen LogP contribution in [0, 0.1) is 0 Å². The molecule has 0 fully saturated rings. The van der Waals surface area contributed by atoms with E-state index in [4.69, 9.17) is 10.5 Å². The lowest BCUT2D eigenvalue weighted by Crippen LogP contribution is -2.18. The predicted octanol–water partition coefficient (Wildman–Crippen LogP) is 1.94. The van der Waals surface area contributed by atoms with Crippen molar-refractivity contribution >= 4 is 0 Å². The maximum atomic E-state index is 5.77. The first-order valence-electron chi connectivity index (χ1n) is 4.76. The number of nitrogens with two attached hydrogens (primary N) is 1. The molecular weight excluding hydrogens is 174 g/mol. The number of hydrogen-bond acceptors (Lipinski definition) is 2. The van der Waals surface area contributed by atoms with Gasteiger partial charge in [0.05, 0.1) is 0 Å². The number of benzene rings is 1. The van der Waals surface area contributed by atoms with Gasteiger partial charge in [0, 0.05) is 17.2 Å². The molecule has 0 saturated heterocycles. The van der Waals surface area contributed by atoms with Crippen LogP contribution < -0.4 is 10.5 Å². The summed E-state index contributed by atoms with van der Waals surface area (Å²) in [5, 5.41) is 0. The molecule has 2 heteroatoms. The first-order valence-corrected chi connectivity index (χ1v) is 4.76. The Kier molecular flexibility index (Phi) is 1.45. The first kappa shape index (κ1) is 7.68. The third-order valence-electron chi connectivity index (χ3n) is 2.75. The molecule has 2 aliphatic rings. The molecule has 0 spiro atoms. The van der Waals surface area contributed by atoms with Crippen LogP contribution in [0.5, 0.6) is 5.75 Å². The van der Waals surface area contributed by atoms with Crippen LogP contribution in [0.3, 0.4) is 0 Å². The third-order valence-corrected chi connectivity index (χ3v) is 2.75. The summed E-state index contributed by atoms with van der Waals surface area (Å²) in [6.45, 7) is 0. The molecule has 14 heavy (non-hydrogen) atoms. The van der Waals surface area contributed by atoms with Gasteiger partial charge in [-0.25, -0.2) is 0 Å². The summed E-state index contributed by atoms with van der Waals surface area (Å²) in [6, 6.07) is 8.13. The molecule has 0 radical (unpaired) electrons. The molecule has 0 saturated carbocycles. The van der Waals surface area contributed by atoms with Crippen LogP contribution in [0.25, 0.3) is 0 Å². The zero-order chi connectivity index (χ0) is 9.54. The second-order valence-electron chi connectivity index (χ2n) is 3.67. The van der Waals surface area contributed by atoms with E-state index in [9.17, 15) is 0 Å². The number of para-hydroxylation sites is 1. The monoisotopic (exact) mass is 185 g/mol. The Morgan fingerprint density at radius 1 is 1.21 bits per heavy atom. The SMILES string of the molecule is NC1=CC2c3ccccc3OC2C=C1. The van der Waals surface area contributed by atoms with Gasteiger partial charge in [-0.15, -0.1) is 0 Å². The van der Waals surface area contributed by atoms with E-state index in [1.165, 1.54) is 5.56 Å². The Labute approximate surface area is 82.7 Å². The van der Waals surface area contributed by atoms with Crippen molar-refractivity contribution in [3.05, 3.63) is 53.8 Å². The van der Waals surface area contributed by atoms with Gasteiger partial charge in [0.15, 0.2) is 0 Å². The maximum absolute atomic E-state index is 5.77. The molecule has 2 N–H and O–H groups in total. The van der Waals surface area contributed by atoms with Gasteiger partial charge in [-0.05, 0) is 24.3 Å². The normalized spacial score (nSPS) is 27.6. The number of hydrogen-bond donors (Lipinski definition) is 1. The molecule has 1 aromatic carbocycles. The summed E-state index contributed by atoms with van der Waals surface area (Å²) in [7, 11) is 0. The van der Waals surface area contributed by atoms with Crippen molar-refractivity contribution in [1.29, 1.82) is 0 Å². The van der Waals surface area contributed by atoms with E-state index in [0.717, 1.165) is 11.4 Å². The molecule has 70 valence electrons. The van der Waals surface area contributed by atoms with E-state index in [1.807, 2.05) is 30.4 Å².